The molecule has 1 fully saturated rings. The molecule has 0 spiro atoms. The van der Waals surface area contributed by atoms with Gasteiger partial charge in [-0.3, -0.25) is 4.79 Å². The zero-order chi connectivity index (χ0) is 21.9. The molecule has 30 heavy (non-hydrogen) atoms. The molecule has 3 rings (SSSR count). The van der Waals surface area contributed by atoms with Crippen LogP contribution in [0.5, 0.6) is 0 Å². The van der Waals surface area contributed by atoms with Crippen LogP contribution in [0.2, 0.25) is 0 Å². The van der Waals surface area contributed by atoms with Gasteiger partial charge in [-0.1, -0.05) is 29.8 Å². The van der Waals surface area contributed by atoms with Gasteiger partial charge in [-0.25, -0.2) is 16.8 Å². The molecular weight excluding hydrogens is 426 g/mol. The Hall–Kier alpha value is -2.43. The first-order valence-corrected chi connectivity index (χ1v) is 12.9. The van der Waals surface area contributed by atoms with Crippen LogP contribution >= 0.6 is 0 Å². The second-order valence-electron chi connectivity index (χ2n) is 7.29. The Bertz CT molecular complexity index is 1120. The molecule has 0 unspecified atom stereocenters. The maximum Gasteiger partial charge on any atom is 0.240 e. The van der Waals surface area contributed by atoms with Crippen LogP contribution in [0.3, 0.4) is 0 Å². The number of benzene rings is 2. The summed E-state index contributed by atoms with van der Waals surface area (Å²) in [6.07, 6.45) is 1.19. The molecule has 2 aromatic carbocycles. The molecule has 0 radical (unpaired) electrons. The number of sulfone groups is 1. The average molecular weight is 452 g/mol. The third-order valence-corrected chi connectivity index (χ3v) is 7.86. The number of rotatable bonds is 6. The van der Waals surface area contributed by atoms with Crippen molar-refractivity contribution in [2.75, 3.05) is 48.4 Å². The average Bonchev–Trinajstić information content (AvgIpc) is 2.68. The maximum absolute atomic E-state index is 12.5. The van der Waals surface area contributed by atoms with Crippen LogP contribution < -0.4 is 10.2 Å². The number of carbonyl (C=O) groups excluding carboxylic acids is 1. The standard InChI is InChI=1S/C20H25N3O5S2/c1-16-7-9-17(10-8-16)30(27,28)15-20(24)21-18-5-3-4-6-19(18)22-11-13-23(14-12-22)29(2,25)26/h3-10H,11-15H2,1-2H3,(H,21,24). The van der Waals surface area contributed by atoms with Crippen molar-refractivity contribution in [2.24, 2.45) is 0 Å². The summed E-state index contributed by atoms with van der Waals surface area (Å²) in [4.78, 5) is 14.6. The molecule has 1 N–H and O–H groups in total. The van der Waals surface area contributed by atoms with Crippen LogP contribution in [0, 0.1) is 6.92 Å². The number of piperazine rings is 1. The molecule has 0 aromatic heterocycles. The summed E-state index contributed by atoms with van der Waals surface area (Å²) in [6, 6.07) is 13.5. The number of hydrogen-bond donors (Lipinski definition) is 1. The van der Waals surface area contributed by atoms with E-state index in [1.54, 1.807) is 24.3 Å². The fourth-order valence-corrected chi connectivity index (χ4v) is 5.26. The Morgan fingerprint density at radius 3 is 2.13 bits per heavy atom. The predicted molar refractivity (Wildman–Crippen MR) is 117 cm³/mol. The molecule has 10 heteroatoms. The number of amides is 1. The van der Waals surface area contributed by atoms with E-state index in [4.69, 9.17) is 0 Å². The highest BCUT2D eigenvalue weighted by molar-refractivity contribution is 7.92. The Morgan fingerprint density at radius 1 is 0.933 bits per heavy atom. The van der Waals surface area contributed by atoms with Crippen LogP contribution in [-0.2, 0) is 24.7 Å². The quantitative estimate of drug-likeness (QED) is 0.714. The van der Waals surface area contributed by atoms with Crippen molar-refractivity contribution in [3.63, 3.8) is 0 Å². The minimum atomic E-state index is -3.76. The van der Waals surface area contributed by atoms with Crippen LogP contribution in [0.25, 0.3) is 0 Å². The number of anilines is 2. The van der Waals surface area contributed by atoms with Crippen molar-refractivity contribution in [3.8, 4) is 0 Å². The lowest BCUT2D eigenvalue weighted by Crippen LogP contribution is -2.48. The minimum absolute atomic E-state index is 0.105. The first kappa shape index (κ1) is 22.3. The van der Waals surface area contributed by atoms with Gasteiger partial charge < -0.3 is 10.2 Å². The second-order valence-corrected chi connectivity index (χ2v) is 11.3. The van der Waals surface area contributed by atoms with E-state index in [1.165, 1.54) is 22.7 Å². The van der Waals surface area contributed by atoms with E-state index in [9.17, 15) is 21.6 Å². The Kier molecular flexibility index (Phi) is 6.49. The van der Waals surface area contributed by atoms with Crippen molar-refractivity contribution in [2.45, 2.75) is 11.8 Å². The number of hydrogen-bond acceptors (Lipinski definition) is 6. The number of aryl methyl sites for hydroxylation is 1. The Balaban J connectivity index is 1.70. The van der Waals surface area contributed by atoms with E-state index in [0.29, 0.717) is 31.9 Å². The van der Waals surface area contributed by atoms with E-state index >= 15 is 0 Å². The molecule has 1 amide bonds. The van der Waals surface area contributed by atoms with Gasteiger partial charge in [-0.2, -0.15) is 4.31 Å². The number of nitrogens with one attached hydrogen (secondary N) is 1. The van der Waals surface area contributed by atoms with Gasteiger partial charge in [0.2, 0.25) is 15.9 Å². The van der Waals surface area contributed by atoms with E-state index in [1.807, 2.05) is 24.0 Å². The van der Waals surface area contributed by atoms with Crippen LogP contribution in [0.4, 0.5) is 11.4 Å². The first-order valence-electron chi connectivity index (χ1n) is 9.45. The summed E-state index contributed by atoms with van der Waals surface area (Å²) in [7, 11) is -7.00. The summed E-state index contributed by atoms with van der Waals surface area (Å²) in [5, 5.41) is 2.69. The zero-order valence-electron chi connectivity index (χ0n) is 16.9. The van der Waals surface area contributed by atoms with E-state index in [2.05, 4.69) is 5.32 Å². The highest BCUT2D eigenvalue weighted by Crippen LogP contribution is 2.27. The third-order valence-electron chi connectivity index (χ3n) is 4.93. The van der Waals surface area contributed by atoms with Crippen molar-refractivity contribution < 1.29 is 21.6 Å². The normalized spacial score (nSPS) is 15.7. The molecule has 1 aliphatic heterocycles. The molecule has 1 saturated heterocycles. The molecule has 1 heterocycles. The summed E-state index contributed by atoms with van der Waals surface area (Å²) in [6.45, 7) is 3.50. The van der Waals surface area contributed by atoms with Gasteiger partial charge in [0.05, 0.1) is 22.5 Å². The van der Waals surface area contributed by atoms with Gasteiger partial charge in [-0.15, -0.1) is 0 Å². The van der Waals surface area contributed by atoms with Crippen LogP contribution in [0.1, 0.15) is 5.56 Å². The minimum Gasteiger partial charge on any atom is -0.367 e. The van der Waals surface area contributed by atoms with Crippen molar-refractivity contribution in [3.05, 3.63) is 54.1 Å². The lowest BCUT2D eigenvalue weighted by molar-refractivity contribution is -0.113. The second kappa shape index (κ2) is 8.75. The lowest BCUT2D eigenvalue weighted by atomic mass is 10.2. The monoisotopic (exact) mass is 451 g/mol. The Morgan fingerprint density at radius 2 is 1.53 bits per heavy atom. The number of nitrogens with zero attached hydrogens (tertiary/aromatic N) is 2. The highest BCUT2D eigenvalue weighted by Gasteiger charge is 2.25. The van der Waals surface area contributed by atoms with Crippen LogP contribution in [0.15, 0.2) is 53.4 Å². The number of sulfonamides is 1. The van der Waals surface area contributed by atoms with Gasteiger partial charge in [-0.05, 0) is 31.2 Å². The molecular formula is C20H25N3O5S2. The van der Waals surface area contributed by atoms with Gasteiger partial charge in [0.1, 0.15) is 5.75 Å². The van der Waals surface area contributed by atoms with Gasteiger partial charge in [0.25, 0.3) is 0 Å². The van der Waals surface area contributed by atoms with Gasteiger partial charge >= 0.3 is 0 Å². The smallest absolute Gasteiger partial charge is 0.240 e. The Labute approximate surface area is 177 Å². The molecule has 0 atom stereocenters. The molecule has 162 valence electrons. The van der Waals surface area contributed by atoms with Crippen molar-refractivity contribution >= 4 is 37.1 Å². The van der Waals surface area contributed by atoms with E-state index < -0.39 is 31.5 Å². The summed E-state index contributed by atoms with van der Waals surface area (Å²) in [5.74, 6) is -1.29. The molecule has 0 aliphatic carbocycles. The lowest BCUT2D eigenvalue weighted by Gasteiger charge is -2.35. The first-order chi connectivity index (χ1) is 14.1. The molecule has 2 aromatic rings. The summed E-state index contributed by atoms with van der Waals surface area (Å²) in [5.41, 5.74) is 2.16. The molecule has 0 bridgehead atoms. The van der Waals surface area contributed by atoms with Crippen molar-refractivity contribution in [1.82, 2.24) is 4.31 Å². The highest BCUT2D eigenvalue weighted by atomic mass is 32.2. The SMILES string of the molecule is Cc1ccc(S(=O)(=O)CC(=O)Nc2ccccc2N2CCN(S(C)(=O)=O)CC2)cc1. The van der Waals surface area contributed by atoms with E-state index in [0.717, 1.165) is 11.3 Å². The summed E-state index contributed by atoms with van der Waals surface area (Å²) >= 11 is 0. The fraction of sp³-hybridized carbons (Fsp3) is 0.350. The number of carbonyl (C=O) groups is 1. The fourth-order valence-electron chi connectivity index (χ4n) is 3.30. The van der Waals surface area contributed by atoms with Gasteiger partial charge in [0.15, 0.2) is 9.84 Å². The largest absolute Gasteiger partial charge is 0.367 e. The topological polar surface area (TPSA) is 104 Å². The molecule has 0 saturated carbocycles. The predicted octanol–water partition coefficient (Wildman–Crippen LogP) is 1.49. The van der Waals surface area contributed by atoms with Gasteiger partial charge in [0, 0.05) is 26.2 Å². The number of para-hydroxylation sites is 2. The molecule has 1 aliphatic rings. The zero-order valence-corrected chi connectivity index (χ0v) is 18.5. The maximum atomic E-state index is 12.5. The molecule has 8 nitrogen and oxygen atoms in total. The van der Waals surface area contributed by atoms with E-state index in [-0.39, 0.29) is 4.90 Å². The third kappa shape index (κ3) is 5.38. The summed E-state index contributed by atoms with van der Waals surface area (Å²) < 4.78 is 49.9. The van der Waals surface area contributed by atoms with Crippen LogP contribution in [-0.4, -0.2) is 65.2 Å². The van der Waals surface area contributed by atoms with Crippen molar-refractivity contribution in [1.29, 1.82) is 0 Å².